The Morgan fingerprint density at radius 1 is 0.619 bits per heavy atom. The van der Waals surface area contributed by atoms with Crippen LogP contribution in [0.15, 0.2) is 36.0 Å². The van der Waals surface area contributed by atoms with Gasteiger partial charge in [-0.2, -0.15) is 0 Å². The van der Waals surface area contributed by atoms with Crippen LogP contribution in [-0.4, -0.2) is 12.1 Å². The van der Waals surface area contributed by atoms with Crippen molar-refractivity contribution in [3.8, 4) is 0 Å². The number of unbranched alkanes of at least 4 members (excludes halogenated alkanes) is 24. The molecule has 2 nitrogen and oxygen atoms in total. The molecule has 8 unspecified atom stereocenters. The predicted molar refractivity (Wildman–Crippen MR) is 276 cm³/mol. The van der Waals surface area contributed by atoms with Crippen molar-refractivity contribution in [2.24, 2.45) is 46.3 Å². The summed E-state index contributed by atoms with van der Waals surface area (Å²) < 4.78 is 6.18. The third-order valence-electron chi connectivity index (χ3n) is 17.9. The molecular formula is C61H108O2. The first kappa shape index (κ1) is 54.3. The van der Waals surface area contributed by atoms with Crippen molar-refractivity contribution in [1.29, 1.82) is 0 Å². The fourth-order valence-corrected chi connectivity index (χ4v) is 13.9. The number of carbonyl (C=O) groups is 1. The summed E-state index contributed by atoms with van der Waals surface area (Å²) in [6.07, 6.45) is 64.2. The molecular weight excluding hydrogens is 765 g/mol. The molecule has 4 rings (SSSR count). The van der Waals surface area contributed by atoms with Crippen LogP contribution in [0.2, 0.25) is 0 Å². The Morgan fingerprint density at radius 3 is 1.71 bits per heavy atom. The molecule has 63 heavy (non-hydrogen) atoms. The van der Waals surface area contributed by atoms with Crippen LogP contribution in [0.4, 0.5) is 0 Å². The Hall–Kier alpha value is -1.31. The lowest BCUT2D eigenvalue weighted by atomic mass is 9.47. The van der Waals surface area contributed by atoms with E-state index in [0.717, 1.165) is 61.2 Å². The fraction of sp³-hybridized carbons (Fsp3) is 0.885. The molecule has 0 saturated heterocycles. The van der Waals surface area contributed by atoms with E-state index in [1.165, 1.54) is 218 Å². The van der Waals surface area contributed by atoms with Gasteiger partial charge in [0, 0.05) is 12.8 Å². The maximum absolute atomic E-state index is 12.9. The van der Waals surface area contributed by atoms with Crippen LogP contribution >= 0.6 is 0 Å². The maximum atomic E-state index is 12.9. The van der Waals surface area contributed by atoms with Crippen molar-refractivity contribution >= 4 is 5.97 Å². The van der Waals surface area contributed by atoms with Gasteiger partial charge < -0.3 is 4.74 Å². The number of rotatable bonds is 36. The molecule has 4 aliphatic rings. The number of carbonyl (C=O) groups excluding carboxylic acids is 1. The average Bonchev–Trinajstić information content (AvgIpc) is 3.63. The number of allylic oxidation sites excluding steroid dienone is 5. The summed E-state index contributed by atoms with van der Waals surface area (Å²) in [4.78, 5) is 12.9. The van der Waals surface area contributed by atoms with Gasteiger partial charge in [0.05, 0.1) is 0 Å². The summed E-state index contributed by atoms with van der Waals surface area (Å²) in [5.74, 6) is 5.32. The van der Waals surface area contributed by atoms with Crippen LogP contribution in [0, 0.1) is 46.3 Å². The minimum Gasteiger partial charge on any atom is -0.462 e. The summed E-state index contributed by atoms with van der Waals surface area (Å²) >= 11 is 0. The molecule has 0 bridgehead atoms. The highest BCUT2D eigenvalue weighted by molar-refractivity contribution is 5.69. The van der Waals surface area contributed by atoms with Gasteiger partial charge in [-0.05, 0) is 130 Å². The summed E-state index contributed by atoms with van der Waals surface area (Å²) in [5, 5.41) is 0. The van der Waals surface area contributed by atoms with E-state index < -0.39 is 0 Å². The number of ether oxygens (including phenoxy) is 1. The summed E-state index contributed by atoms with van der Waals surface area (Å²) in [6, 6.07) is 0. The van der Waals surface area contributed by atoms with Gasteiger partial charge in [0.2, 0.25) is 0 Å². The second kappa shape index (κ2) is 31.6. The largest absolute Gasteiger partial charge is 0.462 e. The van der Waals surface area contributed by atoms with E-state index in [-0.39, 0.29) is 12.1 Å². The molecule has 4 aliphatic carbocycles. The first-order chi connectivity index (χ1) is 30.7. The zero-order valence-electron chi connectivity index (χ0n) is 43.3. The number of hydrogen-bond donors (Lipinski definition) is 0. The van der Waals surface area contributed by atoms with Crippen LogP contribution in [-0.2, 0) is 9.53 Å². The van der Waals surface area contributed by atoms with E-state index in [1.54, 1.807) is 5.57 Å². The molecule has 364 valence electrons. The Labute approximate surface area is 394 Å². The van der Waals surface area contributed by atoms with Gasteiger partial charge in [0.25, 0.3) is 0 Å². The zero-order chi connectivity index (χ0) is 45.0. The predicted octanol–water partition coefficient (Wildman–Crippen LogP) is 20.0. The molecule has 2 heteroatoms. The molecule has 8 atom stereocenters. The van der Waals surface area contributed by atoms with Gasteiger partial charge in [-0.1, -0.05) is 232 Å². The molecule has 0 heterocycles. The Morgan fingerprint density at radius 2 is 1.16 bits per heavy atom. The van der Waals surface area contributed by atoms with Gasteiger partial charge in [0.1, 0.15) is 6.10 Å². The van der Waals surface area contributed by atoms with Crippen LogP contribution in [0.5, 0.6) is 0 Å². The van der Waals surface area contributed by atoms with E-state index in [2.05, 4.69) is 71.9 Å². The third-order valence-corrected chi connectivity index (χ3v) is 17.9. The normalized spacial score (nSPS) is 27.5. The van der Waals surface area contributed by atoms with Gasteiger partial charge in [0.15, 0.2) is 0 Å². The Kier molecular flexibility index (Phi) is 27.3. The van der Waals surface area contributed by atoms with Gasteiger partial charge in [-0.3, -0.25) is 4.79 Å². The van der Waals surface area contributed by atoms with Gasteiger partial charge in [-0.15, -0.1) is 0 Å². The van der Waals surface area contributed by atoms with Crippen molar-refractivity contribution < 1.29 is 9.53 Å². The van der Waals surface area contributed by atoms with Crippen molar-refractivity contribution in [2.75, 3.05) is 0 Å². The minimum atomic E-state index is 0.0674. The number of fused-ring (bicyclic) bond motifs is 5. The Bertz CT molecular complexity index is 1270. The summed E-state index contributed by atoms with van der Waals surface area (Å²) in [6.45, 7) is 15.0. The minimum absolute atomic E-state index is 0.0674. The molecule has 3 saturated carbocycles. The van der Waals surface area contributed by atoms with Crippen LogP contribution in [0.3, 0.4) is 0 Å². The smallest absolute Gasteiger partial charge is 0.306 e. The number of esters is 1. The molecule has 0 aromatic carbocycles. The van der Waals surface area contributed by atoms with Crippen molar-refractivity contribution in [2.45, 2.75) is 298 Å². The fourth-order valence-electron chi connectivity index (χ4n) is 13.9. The molecule has 3 fully saturated rings. The van der Waals surface area contributed by atoms with E-state index in [9.17, 15) is 4.79 Å². The van der Waals surface area contributed by atoms with E-state index >= 15 is 0 Å². The van der Waals surface area contributed by atoms with Crippen molar-refractivity contribution in [3.63, 3.8) is 0 Å². The standard InChI is InChI=1S/C61H108O2/c1-7-8-9-10-11-12-13-14-15-16-17-18-19-20-21-22-23-24-25-26-27-28-29-30-31-32-33-34-35-36-37-41-59(62)63-54-46-48-60(5)53(50-54)42-43-55-57-45-44-56(52(4)40-38-39-51(2)3)61(57,6)49-47-58(55)60/h13-14,16-17,42,51-52,54-58H,7-12,15,18-41,43-50H2,1-6H3/b14-13-,17-16-. The lowest BCUT2D eigenvalue weighted by Gasteiger charge is -2.58. The molecule has 0 radical (unpaired) electrons. The zero-order valence-corrected chi connectivity index (χ0v) is 43.3. The van der Waals surface area contributed by atoms with Gasteiger partial charge >= 0.3 is 5.97 Å². The molecule has 0 amide bonds. The lowest BCUT2D eigenvalue weighted by molar-refractivity contribution is -0.151. The summed E-state index contributed by atoms with van der Waals surface area (Å²) in [5.41, 5.74) is 2.53. The van der Waals surface area contributed by atoms with Crippen LogP contribution in [0.1, 0.15) is 292 Å². The monoisotopic (exact) mass is 873 g/mol. The lowest BCUT2D eigenvalue weighted by Crippen LogP contribution is -2.51. The quantitative estimate of drug-likeness (QED) is 0.0356. The van der Waals surface area contributed by atoms with Crippen molar-refractivity contribution in [3.05, 3.63) is 36.0 Å². The van der Waals surface area contributed by atoms with Crippen LogP contribution in [0.25, 0.3) is 0 Å². The van der Waals surface area contributed by atoms with E-state index in [4.69, 9.17) is 4.74 Å². The molecule has 0 aromatic heterocycles. The first-order valence-corrected chi connectivity index (χ1v) is 28.9. The molecule has 0 spiro atoms. The topological polar surface area (TPSA) is 26.3 Å². The second-order valence-corrected chi connectivity index (χ2v) is 23.3. The highest BCUT2D eigenvalue weighted by Crippen LogP contribution is 2.67. The summed E-state index contributed by atoms with van der Waals surface area (Å²) in [7, 11) is 0. The average molecular weight is 874 g/mol. The van der Waals surface area contributed by atoms with E-state index in [1.807, 2.05) is 0 Å². The van der Waals surface area contributed by atoms with Crippen molar-refractivity contribution in [1.82, 2.24) is 0 Å². The molecule has 0 aromatic rings. The van der Waals surface area contributed by atoms with Gasteiger partial charge in [-0.25, -0.2) is 0 Å². The highest BCUT2D eigenvalue weighted by Gasteiger charge is 2.59. The number of hydrogen-bond acceptors (Lipinski definition) is 2. The molecule has 0 N–H and O–H groups in total. The van der Waals surface area contributed by atoms with Crippen LogP contribution < -0.4 is 0 Å². The Balaban J connectivity index is 0.906. The van der Waals surface area contributed by atoms with E-state index in [0.29, 0.717) is 17.3 Å². The SMILES string of the molecule is CCCCCCC/C=C\C/C=C\CCCCCCCCCCCCCCCCCCCCCC(=O)OC1CCC2(C)C(=CCC3C2CCC2(C)C(C(C)CCCC(C)C)CCC32)C1. The highest BCUT2D eigenvalue weighted by atomic mass is 16.5. The third kappa shape index (κ3) is 19.4. The second-order valence-electron chi connectivity index (χ2n) is 23.3. The molecule has 0 aliphatic heterocycles. The first-order valence-electron chi connectivity index (χ1n) is 28.9. The maximum Gasteiger partial charge on any atom is 0.306 e.